The second-order valence-electron chi connectivity index (χ2n) is 4.72. The van der Waals surface area contributed by atoms with Gasteiger partial charge in [0.25, 0.3) is 11.8 Å². The average Bonchev–Trinajstić information content (AvgIpc) is 2.74. The van der Waals surface area contributed by atoms with Gasteiger partial charge in [-0.25, -0.2) is 0 Å². The zero-order valence-corrected chi connectivity index (χ0v) is 13.1. The highest BCUT2D eigenvalue weighted by atomic mass is 28.3. The molecule has 0 saturated heterocycles. The van der Waals surface area contributed by atoms with Gasteiger partial charge in [0.15, 0.2) is 0 Å². The van der Waals surface area contributed by atoms with Crippen LogP contribution in [0.2, 0.25) is 6.04 Å². The molecule has 0 saturated carbocycles. The van der Waals surface area contributed by atoms with Crippen molar-refractivity contribution in [1.82, 2.24) is 4.90 Å². The number of hydrogen-bond donors (Lipinski definition) is 0. The van der Waals surface area contributed by atoms with Crippen LogP contribution in [0.1, 0.15) is 34.1 Å². The van der Waals surface area contributed by atoms with Gasteiger partial charge in [0.2, 0.25) is 0 Å². The minimum absolute atomic E-state index is 0.168. The molecule has 2 rings (SSSR count). The summed E-state index contributed by atoms with van der Waals surface area (Å²) in [5.41, 5.74) is 0.980. The van der Waals surface area contributed by atoms with Crippen LogP contribution in [0.3, 0.4) is 0 Å². The van der Waals surface area contributed by atoms with E-state index in [2.05, 4.69) is 0 Å². The topological polar surface area (TPSA) is 55.8 Å². The van der Waals surface area contributed by atoms with Crippen LogP contribution in [0.25, 0.3) is 0 Å². The third kappa shape index (κ3) is 2.54. The van der Waals surface area contributed by atoms with E-state index in [1.165, 1.54) is 4.90 Å². The van der Waals surface area contributed by atoms with Crippen LogP contribution in [0.4, 0.5) is 0 Å². The molecule has 0 spiro atoms. The molecule has 0 N–H and O–H groups in total. The van der Waals surface area contributed by atoms with Crippen molar-refractivity contribution in [2.45, 2.75) is 25.4 Å². The van der Waals surface area contributed by atoms with Gasteiger partial charge < -0.3 is 8.85 Å². The summed E-state index contributed by atoms with van der Waals surface area (Å²) in [5, 5.41) is 0. The van der Waals surface area contributed by atoms with Crippen molar-refractivity contribution in [3.63, 3.8) is 0 Å². The van der Waals surface area contributed by atoms with Crippen molar-refractivity contribution in [2.24, 2.45) is 0 Å². The van der Waals surface area contributed by atoms with E-state index in [0.29, 0.717) is 23.6 Å². The molecular weight excluding hydrogens is 274 g/mol. The Morgan fingerprint density at radius 2 is 1.60 bits per heavy atom. The van der Waals surface area contributed by atoms with Crippen molar-refractivity contribution < 1.29 is 18.4 Å². The number of amides is 2. The first kappa shape index (κ1) is 14.9. The molecule has 1 heterocycles. The number of carbonyl (C=O) groups is 2. The lowest BCUT2D eigenvalue weighted by molar-refractivity contribution is 0.0587. The van der Waals surface area contributed by atoms with Crippen LogP contribution in [0, 0.1) is 0 Å². The molecule has 1 unspecified atom stereocenters. The summed E-state index contributed by atoms with van der Waals surface area (Å²) < 4.78 is 10.6. The second kappa shape index (κ2) is 6.30. The van der Waals surface area contributed by atoms with Crippen LogP contribution in [-0.2, 0) is 8.85 Å². The third-order valence-electron chi connectivity index (χ3n) is 3.65. The Morgan fingerprint density at radius 3 is 2.00 bits per heavy atom. The highest BCUT2D eigenvalue weighted by molar-refractivity contribution is 6.44. The lowest BCUT2D eigenvalue weighted by Crippen LogP contribution is -2.42. The summed E-state index contributed by atoms with van der Waals surface area (Å²) in [5.74, 6) is -0.421. The predicted molar refractivity (Wildman–Crippen MR) is 77.0 cm³/mol. The molecular formula is C14H19NO4Si. The van der Waals surface area contributed by atoms with Crippen LogP contribution in [0.15, 0.2) is 24.3 Å². The standard InChI is InChI=1S/C14H19NO4Si/c1-4-10(9-20(18-2)19-3)15-13(16)11-7-5-6-8-12(11)14(15)17/h5-8,10,20H,4,9H2,1-3H3. The molecule has 6 heteroatoms. The van der Waals surface area contributed by atoms with Crippen LogP contribution in [-0.4, -0.2) is 46.3 Å². The van der Waals surface area contributed by atoms with E-state index in [-0.39, 0.29) is 17.9 Å². The Labute approximate surface area is 120 Å². The smallest absolute Gasteiger partial charge is 0.322 e. The lowest BCUT2D eigenvalue weighted by Gasteiger charge is -2.26. The van der Waals surface area contributed by atoms with Gasteiger partial charge in [0.1, 0.15) is 0 Å². The number of hydrogen-bond acceptors (Lipinski definition) is 4. The minimum Gasteiger partial charge on any atom is -0.400 e. The quantitative estimate of drug-likeness (QED) is 0.590. The first-order valence-corrected chi connectivity index (χ1v) is 8.42. The van der Waals surface area contributed by atoms with E-state index in [4.69, 9.17) is 8.85 Å². The maximum atomic E-state index is 12.4. The second-order valence-corrected chi connectivity index (χ2v) is 7.00. The number of benzene rings is 1. The largest absolute Gasteiger partial charge is 0.400 e. The first-order chi connectivity index (χ1) is 9.63. The summed E-state index contributed by atoms with van der Waals surface area (Å²) >= 11 is 0. The molecule has 108 valence electrons. The van der Waals surface area contributed by atoms with E-state index in [9.17, 15) is 9.59 Å². The fraction of sp³-hybridized carbons (Fsp3) is 0.429. The highest BCUT2D eigenvalue weighted by Gasteiger charge is 2.40. The molecule has 5 nitrogen and oxygen atoms in total. The maximum absolute atomic E-state index is 12.4. The van der Waals surface area contributed by atoms with Gasteiger partial charge >= 0.3 is 9.28 Å². The van der Waals surface area contributed by atoms with Gasteiger partial charge in [-0.3, -0.25) is 14.5 Å². The Morgan fingerprint density at radius 1 is 1.10 bits per heavy atom. The van der Waals surface area contributed by atoms with Crippen molar-refractivity contribution in [3.8, 4) is 0 Å². The predicted octanol–water partition coefficient (Wildman–Crippen LogP) is 1.57. The molecule has 1 aliphatic rings. The fourth-order valence-corrected chi connectivity index (χ4v) is 4.07. The van der Waals surface area contributed by atoms with Gasteiger partial charge in [0.05, 0.1) is 11.1 Å². The van der Waals surface area contributed by atoms with E-state index in [0.717, 1.165) is 0 Å². The van der Waals surface area contributed by atoms with Gasteiger partial charge in [-0.05, 0) is 18.6 Å². The molecule has 0 radical (unpaired) electrons. The van der Waals surface area contributed by atoms with Crippen molar-refractivity contribution >= 4 is 21.1 Å². The van der Waals surface area contributed by atoms with Gasteiger partial charge in [0, 0.05) is 26.3 Å². The average molecular weight is 293 g/mol. The molecule has 0 bridgehead atoms. The normalized spacial score (nSPS) is 15.9. The summed E-state index contributed by atoms with van der Waals surface area (Å²) in [6.07, 6.45) is 0.696. The van der Waals surface area contributed by atoms with E-state index in [1.807, 2.05) is 6.92 Å². The number of rotatable bonds is 6. The van der Waals surface area contributed by atoms with Crippen molar-refractivity contribution in [3.05, 3.63) is 35.4 Å². The summed E-state index contributed by atoms with van der Waals surface area (Å²) in [4.78, 5) is 26.2. The first-order valence-electron chi connectivity index (χ1n) is 6.66. The monoisotopic (exact) mass is 293 g/mol. The van der Waals surface area contributed by atoms with Gasteiger partial charge in [-0.15, -0.1) is 0 Å². The summed E-state index contributed by atoms with van der Waals surface area (Å²) in [7, 11) is 1.39. The summed E-state index contributed by atoms with van der Waals surface area (Å²) in [6, 6.07) is 7.38. The molecule has 1 aromatic rings. The zero-order chi connectivity index (χ0) is 14.7. The molecule has 1 aliphatic heterocycles. The van der Waals surface area contributed by atoms with Gasteiger partial charge in [-0.2, -0.15) is 0 Å². The Kier molecular flexibility index (Phi) is 4.69. The molecule has 0 fully saturated rings. The Hall–Kier alpha value is -1.50. The van der Waals surface area contributed by atoms with Crippen molar-refractivity contribution in [2.75, 3.05) is 14.2 Å². The SMILES string of the molecule is CCC(C[SiH](OC)OC)N1C(=O)c2ccccc2C1=O. The van der Waals surface area contributed by atoms with Crippen LogP contribution >= 0.6 is 0 Å². The number of fused-ring (bicyclic) bond motifs is 1. The lowest BCUT2D eigenvalue weighted by atomic mass is 10.1. The summed E-state index contributed by atoms with van der Waals surface area (Å²) in [6.45, 7) is 1.96. The molecule has 1 aromatic carbocycles. The van der Waals surface area contributed by atoms with E-state index in [1.54, 1.807) is 38.5 Å². The Balaban J connectivity index is 2.24. The van der Waals surface area contributed by atoms with Gasteiger partial charge in [-0.1, -0.05) is 19.1 Å². The number of nitrogens with zero attached hydrogens (tertiary/aromatic N) is 1. The van der Waals surface area contributed by atoms with E-state index >= 15 is 0 Å². The molecule has 0 aromatic heterocycles. The number of imide groups is 1. The maximum Gasteiger partial charge on any atom is 0.322 e. The molecule has 20 heavy (non-hydrogen) atoms. The fourth-order valence-electron chi connectivity index (χ4n) is 2.50. The molecule has 2 amide bonds. The highest BCUT2D eigenvalue weighted by Crippen LogP contribution is 2.27. The number of carbonyl (C=O) groups excluding carboxylic acids is 2. The molecule has 1 atom stereocenters. The van der Waals surface area contributed by atoms with Crippen LogP contribution in [0.5, 0.6) is 0 Å². The third-order valence-corrected chi connectivity index (χ3v) is 5.63. The van der Waals surface area contributed by atoms with E-state index < -0.39 is 9.28 Å². The van der Waals surface area contributed by atoms with Crippen LogP contribution < -0.4 is 0 Å². The molecule has 0 aliphatic carbocycles. The zero-order valence-electron chi connectivity index (χ0n) is 12.0. The Bertz CT molecular complexity index is 481. The van der Waals surface area contributed by atoms with Crippen molar-refractivity contribution in [1.29, 1.82) is 0 Å². The minimum atomic E-state index is -1.82.